The van der Waals surface area contributed by atoms with E-state index in [-0.39, 0.29) is 0 Å². The lowest BCUT2D eigenvalue weighted by Gasteiger charge is -2.14. The average molecular weight is 292 g/mol. The van der Waals surface area contributed by atoms with Crippen LogP contribution >= 0.6 is 0 Å². The lowest BCUT2D eigenvalue weighted by Crippen LogP contribution is -2.22. The van der Waals surface area contributed by atoms with Gasteiger partial charge in [-0.3, -0.25) is 0 Å². The van der Waals surface area contributed by atoms with E-state index in [1.807, 2.05) is 12.1 Å². The van der Waals surface area contributed by atoms with Crippen LogP contribution < -0.4 is 14.8 Å². The van der Waals surface area contributed by atoms with Crippen molar-refractivity contribution in [2.24, 2.45) is 0 Å². The van der Waals surface area contributed by atoms with Gasteiger partial charge in [0.25, 0.3) is 0 Å². The molecule has 0 radical (unpaired) electrons. The van der Waals surface area contributed by atoms with E-state index in [2.05, 4.69) is 16.3 Å². The predicted molar refractivity (Wildman–Crippen MR) is 86.2 cm³/mol. The third kappa shape index (κ3) is 5.21. The molecule has 0 atom stereocenters. The fourth-order valence-electron chi connectivity index (χ4n) is 2.81. The molecule has 0 unspecified atom stereocenters. The number of hydrogen-bond donors (Lipinski definition) is 1. The molecule has 118 valence electrons. The third-order valence-electron chi connectivity index (χ3n) is 4.05. The molecule has 1 aliphatic rings. The van der Waals surface area contributed by atoms with Crippen LogP contribution in [0.15, 0.2) is 18.2 Å². The van der Waals surface area contributed by atoms with Crippen LogP contribution in [-0.4, -0.2) is 45.3 Å². The van der Waals surface area contributed by atoms with Crippen LogP contribution in [-0.2, 0) is 6.54 Å². The van der Waals surface area contributed by atoms with Gasteiger partial charge < -0.3 is 19.7 Å². The Balaban J connectivity index is 1.61. The minimum atomic E-state index is 0.784. The number of ether oxygens (including phenoxy) is 2. The van der Waals surface area contributed by atoms with E-state index in [1.54, 1.807) is 14.2 Å². The minimum Gasteiger partial charge on any atom is -0.493 e. The molecule has 1 aromatic carbocycles. The van der Waals surface area contributed by atoms with Crippen molar-refractivity contribution in [1.82, 2.24) is 10.2 Å². The second-order valence-corrected chi connectivity index (χ2v) is 5.62. The lowest BCUT2D eigenvalue weighted by atomic mass is 10.2. The van der Waals surface area contributed by atoms with E-state index in [1.165, 1.54) is 50.9 Å². The molecule has 0 bridgehead atoms. The zero-order chi connectivity index (χ0) is 14.9. The number of nitrogens with one attached hydrogen (secondary N) is 1. The molecule has 1 fully saturated rings. The molecule has 1 aliphatic heterocycles. The average Bonchev–Trinajstić information content (AvgIpc) is 3.03. The maximum absolute atomic E-state index is 5.32. The van der Waals surface area contributed by atoms with Crippen LogP contribution in [0.4, 0.5) is 0 Å². The first-order valence-electron chi connectivity index (χ1n) is 7.97. The van der Waals surface area contributed by atoms with Gasteiger partial charge >= 0.3 is 0 Å². The summed E-state index contributed by atoms with van der Waals surface area (Å²) in [5, 5.41) is 3.50. The summed E-state index contributed by atoms with van der Waals surface area (Å²) >= 11 is 0. The number of likely N-dealkylation sites (tertiary alicyclic amines) is 1. The standard InChI is InChI=1S/C17H28N2O2/c1-20-16-8-7-15(13-17(16)21-2)14-18-9-3-4-10-19-11-5-6-12-19/h7-8,13,18H,3-6,9-12,14H2,1-2H3. The molecular weight excluding hydrogens is 264 g/mol. The summed E-state index contributed by atoms with van der Waals surface area (Å²) in [6.07, 6.45) is 5.30. The van der Waals surface area contributed by atoms with Gasteiger partial charge in [-0.05, 0) is 69.6 Å². The highest BCUT2D eigenvalue weighted by Gasteiger charge is 2.10. The van der Waals surface area contributed by atoms with Gasteiger partial charge in [0.15, 0.2) is 11.5 Å². The second-order valence-electron chi connectivity index (χ2n) is 5.62. The molecule has 2 rings (SSSR count). The smallest absolute Gasteiger partial charge is 0.161 e. The fourth-order valence-corrected chi connectivity index (χ4v) is 2.81. The van der Waals surface area contributed by atoms with Crippen LogP contribution in [0.25, 0.3) is 0 Å². The Morgan fingerprint density at radius 2 is 1.81 bits per heavy atom. The summed E-state index contributed by atoms with van der Waals surface area (Å²) in [5.74, 6) is 1.58. The first-order valence-corrected chi connectivity index (χ1v) is 7.97. The zero-order valence-electron chi connectivity index (χ0n) is 13.4. The Morgan fingerprint density at radius 3 is 2.52 bits per heavy atom. The summed E-state index contributed by atoms with van der Waals surface area (Å²) in [6.45, 7) is 5.82. The van der Waals surface area contributed by atoms with Gasteiger partial charge in [-0.1, -0.05) is 6.07 Å². The van der Waals surface area contributed by atoms with E-state index in [4.69, 9.17) is 9.47 Å². The maximum Gasteiger partial charge on any atom is 0.161 e. The lowest BCUT2D eigenvalue weighted by molar-refractivity contribution is 0.329. The molecule has 21 heavy (non-hydrogen) atoms. The molecule has 4 heteroatoms. The van der Waals surface area contributed by atoms with Crippen molar-refractivity contribution in [2.45, 2.75) is 32.2 Å². The van der Waals surface area contributed by atoms with E-state index in [9.17, 15) is 0 Å². The minimum absolute atomic E-state index is 0.784. The predicted octanol–water partition coefficient (Wildman–Crippen LogP) is 2.67. The summed E-state index contributed by atoms with van der Waals surface area (Å²) in [4.78, 5) is 2.58. The topological polar surface area (TPSA) is 33.7 Å². The van der Waals surface area contributed by atoms with Crippen molar-refractivity contribution >= 4 is 0 Å². The molecule has 0 amide bonds. The zero-order valence-corrected chi connectivity index (χ0v) is 13.4. The highest BCUT2D eigenvalue weighted by Crippen LogP contribution is 2.27. The molecule has 1 aromatic rings. The van der Waals surface area contributed by atoms with Crippen molar-refractivity contribution in [2.75, 3.05) is 40.4 Å². The molecule has 0 spiro atoms. The molecule has 4 nitrogen and oxygen atoms in total. The highest BCUT2D eigenvalue weighted by molar-refractivity contribution is 5.42. The first kappa shape index (κ1) is 16.1. The van der Waals surface area contributed by atoms with Crippen molar-refractivity contribution < 1.29 is 9.47 Å². The van der Waals surface area contributed by atoms with E-state index in [0.717, 1.165) is 24.6 Å². The van der Waals surface area contributed by atoms with E-state index < -0.39 is 0 Å². The molecule has 0 aliphatic carbocycles. The van der Waals surface area contributed by atoms with E-state index in [0.29, 0.717) is 0 Å². The summed E-state index contributed by atoms with van der Waals surface area (Å²) in [6, 6.07) is 6.08. The van der Waals surface area contributed by atoms with Gasteiger partial charge in [0.05, 0.1) is 14.2 Å². The van der Waals surface area contributed by atoms with Crippen molar-refractivity contribution in [1.29, 1.82) is 0 Å². The van der Waals surface area contributed by atoms with E-state index >= 15 is 0 Å². The third-order valence-corrected chi connectivity index (χ3v) is 4.05. The number of nitrogens with zero attached hydrogens (tertiary/aromatic N) is 1. The largest absolute Gasteiger partial charge is 0.493 e. The molecular formula is C17H28N2O2. The van der Waals surface area contributed by atoms with Crippen LogP contribution in [0, 0.1) is 0 Å². The summed E-state index contributed by atoms with van der Waals surface area (Å²) in [7, 11) is 3.34. The van der Waals surface area contributed by atoms with Crippen LogP contribution in [0.5, 0.6) is 11.5 Å². The number of rotatable bonds is 9. The van der Waals surface area contributed by atoms with Crippen molar-refractivity contribution in [3.05, 3.63) is 23.8 Å². The molecule has 0 aromatic heterocycles. The number of unbranched alkanes of at least 4 members (excludes halogenated alkanes) is 1. The summed E-state index contributed by atoms with van der Waals surface area (Å²) in [5.41, 5.74) is 1.23. The van der Waals surface area contributed by atoms with Gasteiger partial charge in [-0.15, -0.1) is 0 Å². The van der Waals surface area contributed by atoms with Gasteiger partial charge in [0, 0.05) is 6.54 Å². The van der Waals surface area contributed by atoms with Crippen molar-refractivity contribution in [3.8, 4) is 11.5 Å². The van der Waals surface area contributed by atoms with Gasteiger partial charge in [-0.2, -0.15) is 0 Å². The Kier molecular flexibility index (Phi) is 6.83. The highest BCUT2D eigenvalue weighted by atomic mass is 16.5. The number of methoxy groups -OCH3 is 2. The molecule has 1 N–H and O–H groups in total. The Labute approximate surface area is 128 Å². The second kappa shape index (κ2) is 8.90. The normalized spacial score (nSPS) is 15.3. The van der Waals surface area contributed by atoms with Gasteiger partial charge in [0.1, 0.15) is 0 Å². The van der Waals surface area contributed by atoms with Gasteiger partial charge in [0.2, 0.25) is 0 Å². The number of benzene rings is 1. The molecule has 0 saturated carbocycles. The monoisotopic (exact) mass is 292 g/mol. The Bertz CT molecular complexity index is 417. The summed E-state index contributed by atoms with van der Waals surface area (Å²) < 4.78 is 10.6. The molecule has 1 saturated heterocycles. The van der Waals surface area contributed by atoms with Gasteiger partial charge in [-0.25, -0.2) is 0 Å². The van der Waals surface area contributed by atoms with Crippen molar-refractivity contribution in [3.63, 3.8) is 0 Å². The first-order chi connectivity index (χ1) is 10.3. The SMILES string of the molecule is COc1ccc(CNCCCCN2CCCC2)cc1OC. The van der Waals surface area contributed by atoms with Crippen LogP contribution in [0.3, 0.4) is 0 Å². The Hall–Kier alpha value is -1.26. The Morgan fingerprint density at radius 1 is 1.05 bits per heavy atom. The van der Waals surface area contributed by atoms with Crippen LogP contribution in [0.1, 0.15) is 31.2 Å². The fraction of sp³-hybridized carbons (Fsp3) is 0.647. The number of hydrogen-bond acceptors (Lipinski definition) is 4. The molecule has 1 heterocycles. The quantitative estimate of drug-likeness (QED) is 0.710. The van der Waals surface area contributed by atoms with Crippen LogP contribution in [0.2, 0.25) is 0 Å². The maximum atomic E-state index is 5.32.